The highest BCUT2D eigenvalue weighted by Gasteiger charge is 2.22. The summed E-state index contributed by atoms with van der Waals surface area (Å²) in [6.07, 6.45) is 4.61. The van der Waals surface area contributed by atoms with Crippen molar-refractivity contribution in [1.82, 2.24) is 0 Å². The molecule has 0 saturated carbocycles. The van der Waals surface area contributed by atoms with Crippen LogP contribution in [0.5, 0.6) is 5.75 Å². The van der Waals surface area contributed by atoms with Crippen molar-refractivity contribution in [3.8, 4) is 5.75 Å². The molecule has 116 valence electrons. The smallest absolute Gasteiger partial charge is 0.143 e. The molecule has 0 bridgehead atoms. The third-order valence-corrected chi connectivity index (χ3v) is 4.33. The van der Waals surface area contributed by atoms with Crippen LogP contribution in [-0.4, -0.2) is 38.4 Å². The van der Waals surface area contributed by atoms with E-state index < -0.39 is 0 Å². The highest BCUT2D eigenvalue weighted by atomic mass is 16.5. The molecule has 0 radical (unpaired) electrons. The number of piperidine rings is 1. The Labute approximate surface area is 127 Å². The molecule has 1 aromatic carbocycles. The fraction of sp³-hybridized carbons (Fsp3) is 0.647. The second kappa shape index (κ2) is 6.67. The van der Waals surface area contributed by atoms with Crippen LogP contribution in [0, 0.1) is 6.92 Å². The molecule has 3 rings (SSSR count). The zero-order chi connectivity index (χ0) is 14.7. The minimum atomic E-state index is 0.179. The lowest BCUT2D eigenvalue weighted by atomic mass is 10.0. The third-order valence-electron chi connectivity index (χ3n) is 4.33. The third kappa shape index (κ3) is 3.69. The van der Waals surface area contributed by atoms with E-state index in [-0.39, 0.29) is 12.1 Å². The van der Waals surface area contributed by atoms with Crippen LogP contribution in [0.4, 0.5) is 5.69 Å². The van der Waals surface area contributed by atoms with Crippen molar-refractivity contribution >= 4 is 5.69 Å². The van der Waals surface area contributed by atoms with Gasteiger partial charge in [-0.15, -0.1) is 0 Å². The van der Waals surface area contributed by atoms with Gasteiger partial charge in [0.1, 0.15) is 11.9 Å². The lowest BCUT2D eigenvalue weighted by Crippen LogP contribution is -2.43. The van der Waals surface area contributed by atoms with Gasteiger partial charge in [0, 0.05) is 25.7 Å². The van der Waals surface area contributed by atoms with Gasteiger partial charge in [0.15, 0.2) is 0 Å². The summed E-state index contributed by atoms with van der Waals surface area (Å²) in [5, 5.41) is 0. The predicted molar refractivity (Wildman–Crippen MR) is 85.1 cm³/mol. The van der Waals surface area contributed by atoms with Crippen LogP contribution >= 0.6 is 0 Å². The summed E-state index contributed by atoms with van der Waals surface area (Å²) in [5.74, 6) is 0.977. The Bertz CT molecular complexity index is 472. The largest absolute Gasteiger partial charge is 0.486 e. The Morgan fingerprint density at radius 1 is 1.29 bits per heavy atom. The van der Waals surface area contributed by atoms with E-state index >= 15 is 0 Å². The van der Waals surface area contributed by atoms with Crippen LogP contribution < -0.4 is 15.4 Å². The van der Waals surface area contributed by atoms with E-state index in [4.69, 9.17) is 15.2 Å². The minimum absolute atomic E-state index is 0.179. The topological polar surface area (TPSA) is 47.7 Å². The number of ether oxygens (including phenoxy) is 2. The number of anilines is 1. The molecule has 2 aliphatic rings. The van der Waals surface area contributed by atoms with Gasteiger partial charge in [-0.25, -0.2) is 0 Å². The van der Waals surface area contributed by atoms with E-state index in [0.717, 1.165) is 51.1 Å². The molecule has 0 aliphatic carbocycles. The molecule has 1 aromatic rings. The molecule has 2 saturated heterocycles. The molecule has 2 unspecified atom stereocenters. The number of hydrogen-bond donors (Lipinski definition) is 1. The van der Waals surface area contributed by atoms with Crippen molar-refractivity contribution in [2.75, 3.05) is 31.2 Å². The van der Waals surface area contributed by atoms with Crippen molar-refractivity contribution in [2.24, 2.45) is 5.73 Å². The zero-order valence-corrected chi connectivity index (χ0v) is 12.9. The summed E-state index contributed by atoms with van der Waals surface area (Å²) in [4.78, 5) is 2.38. The van der Waals surface area contributed by atoms with Gasteiger partial charge < -0.3 is 20.1 Å². The Morgan fingerprint density at radius 2 is 2.19 bits per heavy atom. The first kappa shape index (κ1) is 14.7. The van der Waals surface area contributed by atoms with Crippen LogP contribution in [0.25, 0.3) is 0 Å². The van der Waals surface area contributed by atoms with Crippen LogP contribution in [0.15, 0.2) is 18.2 Å². The van der Waals surface area contributed by atoms with Crippen LogP contribution in [0.1, 0.15) is 31.2 Å². The van der Waals surface area contributed by atoms with Crippen LogP contribution in [-0.2, 0) is 4.74 Å². The van der Waals surface area contributed by atoms with E-state index in [9.17, 15) is 0 Å². The normalized spacial score (nSPS) is 26.7. The lowest BCUT2D eigenvalue weighted by molar-refractivity contribution is 0.00760. The number of benzene rings is 1. The van der Waals surface area contributed by atoms with Crippen molar-refractivity contribution in [3.63, 3.8) is 0 Å². The number of rotatable bonds is 3. The number of nitrogens with two attached hydrogens (primary N) is 1. The summed E-state index contributed by atoms with van der Waals surface area (Å²) in [6.45, 7) is 5.67. The van der Waals surface area contributed by atoms with Gasteiger partial charge in [-0.1, -0.05) is 6.07 Å². The quantitative estimate of drug-likeness (QED) is 0.929. The molecule has 0 spiro atoms. The molecule has 2 N–H and O–H groups in total. The molecule has 4 nitrogen and oxygen atoms in total. The standard InChI is InChI=1S/C17H26N2O2/c1-13-6-7-17(21-15-5-3-9-20-12-15)16(10-13)19-8-2-4-14(18)11-19/h6-7,10,14-15H,2-5,8-9,11-12,18H2,1H3. The maximum atomic E-state index is 6.22. The monoisotopic (exact) mass is 290 g/mol. The highest BCUT2D eigenvalue weighted by Crippen LogP contribution is 2.33. The molecule has 4 heteroatoms. The Hall–Kier alpha value is -1.26. The van der Waals surface area contributed by atoms with Crippen molar-refractivity contribution in [1.29, 1.82) is 0 Å². The fourth-order valence-corrected chi connectivity index (χ4v) is 3.19. The molecule has 21 heavy (non-hydrogen) atoms. The van der Waals surface area contributed by atoms with Gasteiger partial charge in [0.2, 0.25) is 0 Å². The molecule has 2 heterocycles. The Morgan fingerprint density at radius 3 is 2.95 bits per heavy atom. The first-order chi connectivity index (χ1) is 10.2. The van der Waals surface area contributed by atoms with Gasteiger partial charge in [0.25, 0.3) is 0 Å². The first-order valence-electron chi connectivity index (χ1n) is 8.08. The zero-order valence-electron chi connectivity index (χ0n) is 12.9. The summed E-state index contributed by atoms with van der Waals surface area (Å²) in [6, 6.07) is 6.70. The van der Waals surface area contributed by atoms with Crippen molar-refractivity contribution in [2.45, 2.75) is 44.8 Å². The summed E-state index contributed by atoms with van der Waals surface area (Å²) in [7, 11) is 0. The Balaban J connectivity index is 1.78. The second-order valence-electron chi connectivity index (χ2n) is 6.28. The van der Waals surface area contributed by atoms with E-state index in [2.05, 4.69) is 30.0 Å². The minimum Gasteiger partial charge on any atom is -0.486 e. The SMILES string of the molecule is Cc1ccc(OC2CCCOC2)c(N2CCCC(N)C2)c1. The number of aryl methyl sites for hydroxylation is 1. The maximum absolute atomic E-state index is 6.22. The summed E-state index contributed by atoms with van der Waals surface area (Å²) < 4.78 is 11.7. The molecule has 2 fully saturated rings. The van der Waals surface area contributed by atoms with Gasteiger partial charge in [-0.05, 0) is 50.3 Å². The molecular weight excluding hydrogens is 264 g/mol. The Kier molecular flexibility index (Phi) is 4.66. The van der Waals surface area contributed by atoms with Gasteiger partial charge in [0.05, 0.1) is 12.3 Å². The van der Waals surface area contributed by atoms with Gasteiger partial charge in [-0.2, -0.15) is 0 Å². The lowest BCUT2D eigenvalue weighted by Gasteiger charge is -2.34. The average Bonchev–Trinajstić information content (AvgIpc) is 2.50. The molecule has 2 aliphatic heterocycles. The van der Waals surface area contributed by atoms with E-state index in [1.165, 1.54) is 11.3 Å². The molecule has 2 atom stereocenters. The van der Waals surface area contributed by atoms with Crippen molar-refractivity contribution < 1.29 is 9.47 Å². The maximum Gasteiger partial charge on any atom is 0.143 e. The first-order valence-corrected chi connectivity index (χ1v) is 8.08. The highest BCUT2D eigenvalue weighted by molar-refractivity contribution is 5.60. The molecule has 0 aromatic heterocycles. The molecule has 0 amide bonds. The second-order valence-corrected chi connectivity index (χ2v) is 6.28. The van der Waals surface area contributed by atoms with E-state index in [1.807, 2.05) is 0 Å². The number of nitrogens with zero attached hydrogens (tertiary/aromatic N) is 1. The van der Waals surface area contributed by atoms with E-state index in [1.54, 1.807) is 0 Å². The average molecular weight is 290 g/mol. The predicted octanol–water partition coefficient (Wildman–Crippen LogP) is 2.48. The molecular formula is C17H26N2O2. The van der Waals surface area contributed by atoms with Gasteiger partial charge in [-0.3, -0.25) is 0 Å². The summed E-state index contributed by atoms with van der Waals surface area (Å²) in [5.41, 5.74) is 8.58. The summed E-state index contributed by atoms with van der Waals surface area (Å²) >= 11 is 0. The fourth-order valence-electron chi connectivity index (χ4n) is 3.19. The van der Waals surface area contributed by atoms with E-state index in [0.29, 0.717) is 6.61 Å². The van der Waals surface area contributed by atoms with Crippen LogP contribution in [0.3, 0.4) is 0 Å². The van der Waals surface area contributed by atoms with Crippen LogP contribution in [0.2, 0.25) is 0 Å². The number of hydrogen-bond acceptors (Lipinski definition) is 4. The van der Waals surface area contributed by atoms with Crippen molar-refractivity contribution in [3.05, 3.63) is 23.8 Å². The van der Waals surface area contributed by atoms with Gasteiger partial charge >= 0.3 is 0 Å².